The molecule has 0 saturated heterocycles. The quantitative estimate of drug-likeness (QED) is 0.0504. The molecular formula is C34H59Cl3O14. The molecule has 0 aliphatic rings. The highest BCUT2D eigenvalue weighted by Gasteiger charge is 2.09. The normalized spacial score (nSPS) is 12.7. The zero-order valence-corrected chi connectivity index (χ0v) is 32.3. The molecule has 17 heteroatoms. The second-order valence-electron chi connectivity index (χ2n) is 8.97. The van der Waals surface area contributed by atoms with Gasteiger partial charge in [0.05, 0.1) is 42.5 Å². The zero-order valence-electron chi connectivity index (χ0n) is 30.0. The van der Waals surface area contributed by atoms with Gasteiger partial charge in [-0.05, 0) is 53.2 Å². The monoisotopic (exact) mass is 796 g/mol. The molecular weight excluding hydrogens is 739 g/mol. The van der Waals surface area contributed by atoms with Crippen LogP contribution in [0.1, 0.15) is 73.1 Å². The van der Waals surface area contributed by atoms with Crippen LogP contribution in [0.5, 0.6) is 0 Å². The number of rotatable bonds is 18. The van der Waals surface area contributed by atoms with Crippen LogP contribution in [0.25, 0.3) is 0 Å². The summed E-state index contributed by atoms with van der Waals surface area (Å²) in [6, 6.07) is 0. The maximum absolute atomic E-state index is 9.81. The molecule has 0 amide bonds. The molecule has 6 atom stereocenters. The maximum atomic E-state index is 9.81. The van der Waals surface area contributed by atoms with Gasteiger partial charge in [-0.3, -0.25) is 9.59 Å². The molecule has 0 aliphatic heterocycles. The summed E-state index contributed by atoms with van der Waals surface area (Å²) >= 11 is 15.2. The van der Waals surface area contributed by atoms with Gasteiger partial charge in [0, 0.05) is 43.9 Å². The van der Waals surface area contributed by atoms with Crippen LogP contribution >= 0.6 is 34.8 Å². The molecule has 300 valence electrons. The number of aliphatic hydroxyl groups excluding tert-OH is 6. The van der Waals surface area contributed by atoms with E-state index in [1.807, 2.05) is 13.0 Å². The Balaban J connectivity index is -0.0000000707. The molecule has 0 bridgehead atoms. The van der Waals surface area contributed by atoms with Gasteiger partial charge in [-0.1, -0.05) is 24.3 Å². The van der Waals surface area contributed by atoms with E-state index < -0.39 is 36.6 Å². The Morgan fingerprint density at radius 2 is 0.804 bits per heavy atom. The topological polar surface area (TPSA) is 258 Å². The first-order chi connectivity index (χ1) is 24.1. The summed E-state index contributed by atoms with van der Waals surface area (Å²) < 4.78 is 0. The van der Waals surface area contributed by atoms with Crippen molar-refractivity contribution in [2.75, 3.05) is 17.6 Å². The molecule has 0 aromatic heterocycles. The van der Waals surface area contributed by atoms with Gasteiger partial charge in [-0.2, -0.15) is 0 Å². The molecule has 0 radical (unpaired) electrons. The molecule has 14 nitrogen and oxygen atoms in total. The van der Waals surface area contributed by atoms with E-state index in [1.54, 1.807) is 39.0 Å². The van der Waals surface area contributed by atoms with Gasteiger partial charge >= 0.3 is 0 Å². The highest BCUT2D eigenvalue weighted by Crippen LogP contribution is 2.02. The summed E-state index contributed by atoms with van der Waals surface area (Å²) in [5, 5.41) is 52.1. The number of alkyl halides is 3. The number of aldehydes is 8. The minimum Gasteiger partial charge on any atom is -0.393 e. The van der Waals surface area contributed by atoms with Crippen LogP contribution in [0, 0.1) is 0 Å². The average Bonchev–Trinajstić information content (AvgIpc) is 3.07. The SMILES string of the molecule is C/C=C/C=C/C=O.C/C=C/C=O.CC=O.C[C@@H](O)CC=O.C[C@@H](O)C[C@@H](O)CC=O.O=CCCl.O=CC[C@H](O)CCl.O=CC[C@H](O)C[C@H](O)CCl. The van der Waals surface area contributed by atoms with Crippen molar-refractivity contribution in [1.29, 1.82) is 0 Å². The van der Waals surface area contributed by atoms with Crippen molar-refractivity contribution in [3.63, 3.8) is 0 Å². The van der Waals surface area contributed by atoms with E-state index in [4.69, 9.17) is 75.0 Å². The number of aliphatic hydroxyl groups is 6. The number of hydrogen-bond acceptors (Lipinski definition) is 14. The molecule has 0 heterocycles. The summed E-state index contributed by atoms with van der Waals surface area (Å²) in [6.07, 6.45) is 12.6. The molecule has 0 unspecified atom stereocenters. The van der Waals surface area contributed by atoms with E-state index in [9.17, 15) is 28.8 Å². The predicted molar refractivity (Wildman–Crippen MR) is 200 cm³/mol. The molecule has 0 aromatic carbocycles. The first-order valence-electron chi connectivity index (χ1n) is 15.2. The van der Waals surface area contributed by atoms with Crippen molar-refractivity contribution in [1.82, 2.24) is 0 Å². The van der Waals surface area contributed by atoms with Gasteiger partial charge in [-0.15, -0.1) is 34.8 Å². The average molecular weight is 798 g/mol. The van der Waals surface area contributed by atoms with Crippen molar-refractivity contribution in [2.45, 2.75) is 110 Å². The fraction of sp³-hybridized carbons (Fsp3) is 0.588. The highest BCUT2D eigenvalue weighted by atomic mass is 35.5. The third kappa shape index (κ3) is 121. The Morgan fingerprint density at radius 3 is 1.00 bits per heavy atom. The fourth-order valence-corrected chi connectivity index (χ4v) is 2.05. The summed E-state index contributed by atoms with van der Waals surface area (Å²) in [4.78, 5) is 75.3. The standard InChI is InChI=1S/C6H11ClO3.C6H12O3.C6H8O.C4H7ClO2.C4H8O2.C4H6O.C2H3ClO.C2H4O/c7-4-6(10)3-5(9)1-2-8;1-5(8)4-6(9)2-3-7;1-2-3-4-5-6-7;5-3-4(7)1-2-6;1-4(6)2-3-5;1-2-3-4-5;3-1-2-4;1-2-3/h2,5-6,9-10H,1,3-4H2;3,5-6,8-9H,2,4H2,1H3;2-6H,1H3;2,4,7H,1,3H2;3-4,6H,2H2,1H3;2-4H,1H3;2H,1H2;2H,1H3/b;;3-2+,5-4+;;;3-2+;;/t5-,6-;5-,6+;;2*4-;;;/m01.01.../s1. The van der Waals surface area contributed by atoms with E-state index in [-0.39, 0.29) is 56.2 Å². The molecule has 51 heavy (non-hydrogen) atoms. The zero-order chi connectivity index (χ0) is 41.7. The lowest BCUT2D eigenvalue weighted by molar-refractivity contribution is -0.110. The van der Waals surface area contributed by atoms with Gasteiger partial charge in [0.1, 0.15) is 50.3 Å². The Bertz CT molecular complexity index is 824. The van der Waals surface area contributed by atoms with Crippen molar-refractivity contribution < 1.29 is 69.0 Å². The molecule has 6 N–H and O–H groups in total. The van der Waals surface area contributed by atoms with E-state index in [1.165, 1.54) is 19.1 Å². The van der Waals surface area contributed by atoms with Crippen molar-refractivity contribution in [3.8, 4) is 0 Å². The lowest BCUT2D eigenvalue weighted by Gasteiger charge is -2.09. The van der Waals surface area contributed by atoms with Crippen LogP contribution in [-0.2, 0) is 38.4 Å². The van der Waals surface area contributed by atoms with Crippen molar-refractivity contribution in [2.24, 2.45) is 0 Å². The van der Waals surface area contributed by atoms with E-state index >= 15 is 0 Å². The van der Waals surface area contributed by atoms with Gasteiger partial charge in [0.25, 0.3) is 0 Å². The first kappa shape index (κ1) is 66.5. The molecule has 0 fully saturated rings. The van der Waals surface area contributed by atoms with Gasteiger partial charge in [0.15, 0.2) is 0 Å². The van der Waals surface area contributed by atoms with Crippen LogP contribution in [0.2, 0.25) is 0 Å². The minimum absolute atomic E-state index is 0.0634. The first-order valence-corrected chi connectivity index (χ1v) is 16.9. The van der Waals surface area contributed by atoms with Crippen LogP contribution in [-0.4, -0.2) is 135 Å². The number of carbonyl (C=O) groups excluding carboxylic acids is 8. The predicted octanol–water partition coefficient (Wildman–Crippen LogP) is 2.47. The van der Waals surface area contributed by atoms with Gasteiger partial charge < -0.3 is 59.4 Å². The van der Waals surface area contributed by atoms with Crippen LogP contribution < -0.4 is 0 Å². The van der Waals surface area contributed by atoms with Gasteiger partial charge in [-0.25, -0.2) is 0 Å². The van der Waals surface area contributed by atoms with Crippen LogP contribution in [0.15, 0.2) is 36.5 Å². The van der Waals surface area contributed by atoms with Crippen molar-refractivity contribution >= 4 is 85.1 Å². The number of halogens is 3. The molecule has 0 rings (SSSR count). The fourth-order valence-electron chi connectivity index (χ4n) is 1.80. The molecule has 0 saturated carbocycles. The Kier molecular flexibility index (Phi) is 90.0. The van der Waals surface area contributed by atoms with E-state index in [0.29, 0.717) is 31.4 Å². The summed E-state index contributed by atoms with van der Waals surface area (Å²) in [6.45, 7) is 8.30. The summed E-state index contributed by atoms with van der Waals surface area (Å²) in [5.41, 5.74) is 0. The maximum Gasteiger partial charge on any atom is 0.142 e. The van der Waals surface area contributed by atoms with E-state index in [2.05, 4.69) is 0 Å². The van der Waals surface area contributed by atoms with Crippen LogP contribution in [0.3, 0.4) is 0 Å². The lowest BCUT2D eigenvalue weighted by Crippen LogP contribution is -2.18. The smallest absolute Gasteiger partial charge is 0.142 e. The summed E-state index contributed by atoms with van der Waals surface area (Å²) in [5.74, 6) is 0.342. The summed E-state index contributed by atoms with van der Waals surface area (Å²) in [7, 11) is 0. The minimum atomic E-state index is -0.758. The highest BCUT2D eigenvalue weighted by molar-refractivity contribution is 6.24. The Labute approximate surface area is 317 Å². The Morgan fingerprint density at radius 1 is 0.451 bits per heavy atom. The van der Waals surface area contributed by atoms with Crippen LogP contribution in [0.4, 0.5) is 0 Å². The molecule has 0 aliphatic carbocycles. The second kappa shape index (κ2) is 69.0. The molecule has 0 spiro atoms. The molecule has 0 aromatic rings. The second-order valence-corrected chi connectivity index (χ2v) is 9.89. The number of hydrogen-bond donors (Lipinski definition) is 6. The van der Waals surface area contributed by atoms with Gasteiger partial charge in [0.2, 0.25) is 0 Å². The third-order valence-corrected chi connectivity index (χ3v) is 4.72. The number of carbonyl (C=O) groups is 8. The van der Waals surface area contributed by atoms with E-state index in [0.717, 1.165) is 18.9 Å². The van der Waals surface area contributed by atoms with Crippen molar-refractivity contribution in [3.05, 3.63) is 36.5 Å². The number of allylic oxidation sites excluding steroid dienone is 6. The Hall–Kier alpha value is -2.79. The largest absolute Gasteiger partial charge is 0.393 e. The lowest BCUT2D eigenvalue weighted by atomic mass is 10.1. The third-order valence-electron chi connectivity index (χ3n) is 3.88.